The van der Waals surface area contributed by atoms with E-state index in [1.54, 1.807) is 11.0 Å². The molecule has 0 saturated heterocycles. The minimum absolute atomic E-state index is 0.0891. The van der Waals surface area contributed by atoms with E-state index in [2.05, 4.69) is 11.4 Å². The summed E-state index contributed by atoms with van der Waals surface area (Å²) in [5.74, 6) is 0.293. The van der Waals surface area contributed by atoms with Gasteiger partial charge in [0.25, 0.3) is 11.8 Å². The van der Waals surface area contributed by atoms with Gasteiger partial charge in [-0.15, -0.1) is 0 Å². The molecule has 0 unspecified atom stereocenters. The van der Waals surface area contributed by atoms with Crippen molar-refractivity contribution in [3.8, 4) is 5.75 Å². The molecule has 5 nitrogen and oxygen atoms in total. The second-order valence-corrected chi connectivity index (χ2v) is 7.12. The maximum atomic E-state index is 13.3. The number of amides is 2. The Kier molecular flexibility index (Phi) is 4.84. The molecule has 2 aromatic carbocycles. The second kappa shape index (κ2) is 7.43. The largest absolute Gasteiger partial charge is 0.477 e. The third-order valence-electron chi connectivity index (χ3n) is 5.21. The number of anilines is 1. The third-order valence-corrected chi connectivity index (χ3v) is 5.21. The average Bonchev–Trinajstić information content (AvgIpc) is 3.18. The van der Waals surface area contributed by atoms with Gasteiger partial charge in [-0.3, -0.25) is 9.59 Å². The third kappa shape index (κ3) is 3.42. The fraction of sp³-hybridized carbons (Fsp3) is 0.364. The highest BCUT2D eigenvalue weighted by Gasteiger charge is 2.34. The normalized spacial score (nSPS) is 17.7. The number of carbonyl (C=O) groups is 2. The van der Waals surface area contributed by atoms with Gasteiger partial charge in [-0.25, -0.2) is 0 Å². The first kappa shape index (κ1) is 17.6. The Labute approximate surface area is 159 Å². The van der Waals surface area contributed by atoms with Gasteiger partial charge >= 0.3 is 0 Å². The van der Waals surface area contributed by atoms with E-state index in [1.165, 1.54) is 11.1 Å². The maximum absolute atomic E-state index is 13.3. The summed E-state index contributed by atoms with van der Waals surface area (Å²) in [6.45, 7) is 2.81. The number of benzene rings is 2. The summed E-state index contributed by atoms with van der Waals surface area (Å²) in [5, 5.41) is 2.86. The Morgan fingerprint density at radius 2 is 1.96 bits per heavy atom. The first-order chi connectivity index (χ1) is 13.2. The number of aryl methyl sites for hydroxylation is 2. The van der Waals surface area contributed by atoms with Gasteiger partial charge in [-0.05, 0) is 61.1 Å². The summed E-state index contributed by atoms with van der Waals surface area (Å²) >= 11 is 0. The molecule has 27 heavy (non-hydrogen) atoms. The van der Waals surface area contributed by atoms with E-state index in [0.29, 0.717) is 23.5 Å². The molecule has 1 heterocycles. The van der Waals surface area contributed by atoms with Crippen LogP contribution in [0.2, 0.25) is 0 Å². The zero-order valence-electron chi connectivity index (χ0n) is 15.5. The maximum Gasteiger partial charge on any atom is 0.262 e. The Morgan fingerprint density at radius 3 is 2.81 bits per heavy atom. The Bertz CT molecular complexity index is 878. The van der Waals surface area contributed by atoms with Crippen molar-refractivity contribution in [3.05, 3.63) is 59.2 Å². The fourth-order valence-corrected chi connectivity index (χ4v) is 3.79. The lowest BCUT2D eigenvalue weighted by molar-refractivity contribution is -0.127. The van der Waals surface area contributed by atoms with Gasteiger partial charge in [-0.1, -0.05) is 25.1 Å². The molecule has 1 N–H and O–H groups in total. The van der Waals surface area contributed by atoms with Crippen molar-refractivity contribution >= 4 is 17.5 Å². The summed E-state index contributed by atoms with van der Waals surface area (Å²) < 4.78 is 5.88. The van der Waals surface area contributed by atoms with Crippen LogP contribution >= 0.6 is 0 Å². The highest BCUT2D eigenvalue weighted by atomic mass is 16.5. The quantitative estimate of drug-likeness (QED) is 0.907. The summed E-state index contributed by atoms with van der Waals surface area (Å²) in [5.41, 5.74) is 3.98. The Morgan fingerprint density at radius 1 is 1.15 bits per heavy atom. The summed E-state index contributed by atoms with van der Waals surface area (Å²) in [6, 6.07) is 13.4. The van der Waals surface area contributed by atoms with Crippen LogP contribution in [0, 0.1) is 0 Å². The van der Waals surface area contributed by atoms with Gasteiger partial charge in [0.1, 0.15) is 5.75 Å². The molecule has 0 radical (unpaired) electrons. The van der Waals surface area contributed by atoms with E-state index >= 15 is 0 Å². The lowest BCUT2D eigenvalue weighted by atomic mass is 10.0. The van der Waals surface area contributed by atoms with Gasteiger partial charge < -0.3 is 15.0 Å². The number of carbonyl (C=O) groups excluding carboxylic acids is 2. The molecule has 0 saturated carbocycles. The number of hydrogen-bond donors (Lipinski definition) is 1. The standard InChI is InChI=1S/C22H24N2O3/c1-2-12-23-21(25)20-14-24(18-8-3-4-9-19(18)27-20)22(26)17-11-10-15-6-5-7-16(15)13-17/h3-4,8-11,13,20H,2,5-7,12,14H2,1H3,(H,23,25)/t20-/m1/s1. The number of nitrogens with one attached hydrogen (secondary N) is 1. The molecule has 1 aliphatic heterocycles. The summed E-state index contributed by atoms with van der Waals surface area (Å²) in [4.78, 5) is 27.4. The van der Waals surface area contributed by atoms with Crippen molar-refractivity contribution in [2.24, 2.45) is 0 Å². The van der Waals surface area contributed by atoms with Crippen LogP contribution in [0.1, 0.15) is 41.3 Å². The van der Waals surface area contributed by atoms with Crippen molar-refractivity contribution in [1.82, 2.24) is 5.32 Å². The molecule has 0 spiro atoms. The number of fused-ring (bicyclic) bond motifs is 2. The molecular formula is C22H24N2O3. The van der Waals surface area contributed by atoms with Crippen LogP contribution in [0.15, 0.2) is 42.5 Å². The number of ether oxygens (including phenoxy) is 1. The van der Waals surface area contributed by atoms with Crippen LogP contribution in [0.4, 0.5) is 5.69 Å². The van der Waals surface area contributed by atoms with Crippen LogP contribution in [0.5, 0.6) is 5.75 Å². The molecule has 0 bridgehead atoms. The molecule has 0 fully saturated rings. The van der Waals surface area contributed by atoms with E-state index in [1.807, 2.05) is 37.3 Å². The van der Waals surface area contributed by atoms with Gasteiger partial charge in [0, 0.05) is 12.1 Å². The van der Waals surface area contributed by atoms with Crippen molar-refractivity contribution in [1.29, 1.82) is 0 Å². The van der Waals surface area contributed by atoms with E-state index in [9.17, 15) is 9.59 Å². The monoisotopic (exact) mass is 364 g/mol. The number of nitrogens with zero attached hydrogens (tertiary/aromatic N) is 1. The molecule has 140 valence electrons. The molecular weight excluding hydrogens is 340 g/mol. The highest BCUT2D eigenvalue weighted by Crippen LogP contribution is 2.34. The predicted molar refractivity (Wildman–Crippen MR) is 104 cm³/mol. The molecule has 2 amide bonds. The van der Waals surface area contributed by atoms with E-state index in [0.717, 1.165) is 25.7 Å². The smallest absolute Gasteiger partial charge is 0.262 e. The van der Waals surface area contributed by atoms with Crippen molar-refractivity contribution in [2.45, 2.75) is 38.7 Å². The van der Waals surface area contributed by atoms with Crippen LogP contribution in [-0.2, 0) is 17.6 Å². The lowest BCUT2D eigenvalue weighted by Gasteiger charge is -2.34. The van der Waals surface area contributed by atoms with Gasteiger partial charge in [0.05, 0.1) is 12.2 Å². The average molecular weight is 364 g/mol. The molecule has 1 aliphatic carbocycles. The Balaban J connectivity index is 1.63. The van der Waals surface area contributed by atoms with Crippen LogP contribution in [0.3, 0.4) is 0 Å². The molecule has 4 rings (SSSR count). The van der Waals surface area contributed by atoms with Gasteiger partial charge in [0.2, 0.25) is 0 Å². The zero-order chi connectivity index (χ0) is 18.8. The van der Waals surface area contributed by atoms with Crippen molar-refractivity contribution in [2.75, 3.05) is 18.0 Å². The van der Waals surface area contributed by atoms with Gasteiger partial charge in [-0.2, -0.15) is 0 Å². The first-order valence-corrected chi connectivity index (χ1v) is 9.64. The number of hydrogen-bond acceptors (Lipinski definition) is 3. The molecule has 0 aromatic heterocycles. The zero-order valence-corrected chi connectivity index (χ0v) is 15.5. The van der Waals surface area contributed by atoms with E-state index < -0.39 is 6.10 Å². The topological polar surface area (TPSA) is 58.6 Å². The van der Waals surface area contributed by atoms with Crippen LogP contribution < -0.4 is 15.0 Å². The molecule has 2 aliphatic rings. The molecule has 1 atom stereocenters. The van der Waals surface area contributed by atoms with Crippen molar-refractivity contribution in [3.63, 3.8) is 0 Å². The molecule has 2 aromatic rings. The minimum Gasteiger partial charge on any atom is -0.477 e. The van der Waals surface area contributed by atoms with Gasteiger partial charge in [0.15, 0.2) is 6.10 Å². The molecule has 5 heteroatoms. The van der Waals surface area contributed by atoms with Crippen LogP contribution in [0.25, 0.3) is 0 Å². The second-order valence-electron chi connectivity index (χ2n) is 7.12. The van der Waals surface area contributed by atoms with Crippen LogP contribution in [-0.4, -0.2) is 31.0 Å². The lowest BCUT2D eigenvalue weighted by Crippen LogP contribution is -2.50. The Hall–Kier alpha value is -2.82. The first-order valence-electron chi connectivity index (χ1n) is 9.64. The van der Waals surface area contributed by atoms with E-state index in [-0.39, 0.29) is 18.4 Å². The predicted octanol–water partition coefficient (Wildman–Crippen LogP) is 3.11. The fourth-order valence-electron chi connectivity index (χ4n) is 3.79. The summed E-state index contributed by atoms with van der Waals surface area (Å²) in [6.07, 6.45) is 3.41. The SMILES string of the molecule is CCCNC(=O)[C@H]1CN(C(=O)c2ccc3c(c2)CCC3)c2ccccc2O1. The minimum atomic E-state index is -0.704. The highest BCUT2D eigenvalue weighted by molar-refractivity contribution is 6.08. The van der Waals surface area contributed by atoms with Crippen molar-refractivity contribution < 1.29 is 14.3 Å². The number of rotatable bonds is 4. The number of para-hydroxylation sites is 2. The summed E-state index contributed by atoms with van der Waals surface area (Å²) in [7, 11) is 0. The van der Waals surface area contributed by atoms with E-state index in [4.69, 9.17) is 4.74 Å².